The van der Waals surface area contributed by atoms with Gasteiger partial charge in [-0.2, -0.15) is 0 Å². The van der Waals surface area contributed by atoms with Crippen LogP contribution in [0.25, 0.3) is 0 Å². The number of rotatable bonds is 8. The zero-order valence-corrected chi connectivity index (χ0v) is 11.8. The molecule has 0 saturated heterocycles. The highest BCUT2D eigenvalue weighted by atomic mass is 16.5. The molecule has 2 amide bonds. The van der Waals surface area contributed by atoms with Gasteiger partial charge in [-0.05, 0) is 37.6 Å². The van der Waals surface area contributed by atoms with E-state index in [1.165, 1.54) is 12.1 Å². The molecule has 8 nitrogen and oxygen atoms in total. The first kappa shape index (κ1) is 16.6. The SMILES string of the molecule is CCOC(=O)CCCNC(=O)NNNc1ccc(O)cc1. The number of ether oxygens (including phenoxy) is 1. The van der Waals surface area contributed by atoms with Crippen molar-refractivity contribution >= 4 is 17.7 Å². The summed E-state index contributed by atoms with van der Waals surface area (Å²) in [7, 11) is 0. The van der Waals surface area contributed by atoms with Crippen molar-refractivity contribution in [1.82, 2.24) is 16.3 Å². The number of nitrogens with one attached hydrogen (secondary N) is 4. The van der Waals surface area contributed by atoms with Gasteiger partial charge in [-0.15, -0.1) is 5.53 Å². The number of hydrogen-bond acceptors (Lipinski definition) is 6. The molecule has 0 radical (unpaired) electrons. The summed E-state index contributed by atoms with van der Waals surface area (Å²) in [6, 6.07) is 5.88. The predicted octanol–water partition coefficient (Wildman–Crippen LogP) is 0.866. The molecule has 0 unspecified atom stereocenters. The van der Waals surface area contributed by atoms with Crippen LogP contribution in [0.4, 0.5) is 10.5 Å². The van der Waals surface area contributed by atoms with Gasteiger partial charge in [0.25, 0.3) is 0 Å². The monoisotopic (exact) mass is 296 g/mol. The third-order valence-electron chi connectivity index (χ3n) is 2.40. The van der Waals surface area contributed by atoms with E-state index in [1.54, 1.807) is 19.1 Å². The Labute approximate surface area is 122 Å². The number of amides is 2. The maximum absolute atomic E-state index is 11.4. The lowest BCUT2D eigenvalue weighted by atomic mass is 10.3. The molecule has 1 rings (SSSR count). The molecule has 1 aromatic carbocycles. The second-order valence-corrected chi connectivity index (χ2v) is 4.09. The molecule has 0 aliphatic rings. The standard InChI is InChI=1S/C13H20N4O4/c1-2-21-12(19)4-3-9-14-13(20)16-17-15-10-5-7-11(18)8-6-10/h5-8,15,17-18H,2-4,9H2,1H3,(H2,14,16,20). The van der Waals surface area contributed by atoms with E-state index < -0.39 is 6.03 Å². The highest BCUT2D eigenvalue weighted by Crippen LogP contribution is 2.12. The molecule has 21 heavy (non-hydrogen) atoms. The van der Waals surface area contributed by atoms with Crippen molar-refractivity contribution in [2.75, 3.05) is 18.6 Å². The van der Waals surface area contributed by atoms with Gasteiger partial charge in [0, 0.05) is 13.0 Å². The minimum atomic E-state index is -0.426. The van der Waals surface area contributed by atoms with Crippen molar-refractivity contribution < 1.29 is 19.4 Å². The fourth-order valence-electron chi connectivity index (χ4n) is 1.42. The van der Waals surface area contributed by atoms with Crippen LogP contribution in [-0.4, -0.2) is 30.3 Å². The lowest BCUT2D eigenvalue weighted by molar-refractivity contribution is -0.143. The highest BCUT2D eigenvalue weighted by Gasteiger charge is 2.02. The fourth-order valence-corrected chi connectivity index (χ4v) is 1.42. The Kier molecular flexibility index (Phi) is 7.44. The van der Waals surface area contributed by atoms with Gasteiger partial charge in [0.1, 0.15) is 5.75 Å². The first-order valence-electron chi connectivity index (χ1n) is 6.61. The molecule has 0 saturated carbocycles. The van der Waals surface area contributed by atoms with Crippen molar-refractivity contribution in [3.05, 3.63) is 24.3 Å². The van der Waals surface area contributed by atoms with Gasteiger partial charge in [0.15, 0.2) is 0 Å². The van der Waals surface area contributed by atoms with Gasteiger partial charge in [-0.25, -0.2) is 4.79 Å². The summed E-state index contributed by atoms with van der Waals surface area (Å²) in [6.07, 6.45) is 0.783. The zero-order chi connectivity index (χ0) is 15.5. The molecular formula is C13H20N4O4. The van der Waals surface area contributed by atoms with E-state index in [0.29, 0.717) is 25.3 Å². The van der Waals surface area contributed by atoms with Gasteiger partial charge < -0.3 is 20.6 Å². The van der Waals surface area contributed by atoms with E-state index in [0.717, 1.165) is 0 Å². The smallest absolute Gasteiger partial charge is 0.330 e. The summed E-state index contributed by atoms with van der Waals surface area (Å²) in [5.74, 6) is -0.111. The Morgan fingerprint density at radius 1 is 1.24 bits per heavy atom. The molecule has 5 N–H and O–H groups in total. The van der Waals surface area contributed by atoms with Crippen LogP contribution in [-0.2, 0) is 9.53 Å². The molecule has 0 bridgehead atoms. The van der Waals surface area contributed by atoms with Crippen LogP contribution in [0, 0.1) is 0 Å². The van der Waals surface area contributed by atoms with Crippen LogP contribution >= 0.6 is 0 Å². The van der Waals surface area contributed by atoms with Gasteiger partial charge in [0.2, 0.25) is 0 Å². The quantitative estimate of drug-likeness (QED) is 0.211. The van der Waals surface area contributed by atoms with Crippen molar-refractivity contribution in [2.24, 2.45) is 0 Å². The highest BCUT2D eigenvalue weighted by molar-refractivity contribution is 5.73. The van der Waals surface area contributed by atoms with Crippen LogP contribution in [0.2, 0.25) is 0 Å². The number of aromatic hydroxyl groups is 1. The molecule has 0 spiro atoms. The topological polar surface area (TPSA) is 112 Å². The summed E-state index contributed by atoms with van der Waals surface area (Å²) >= 11 is 0. The molecule has 0 heterocycles. The molecule has 1 aromatic rings. The Hall–Kier alpha value is -2.48. The number of phenolic OH excluding ortho intramolecular Hbond substituents is 1. The first-order valence-corrected chi connectivity index (χ1v) is 6.61. The van der Waals surface area contributed by atoms with E-state index in [-0.39, 0.29) is 18.1 Å². The Bertz CT molecular complexity index is 450. The number of hydrogen-bond donors (Lipinski definition) is 5. The summed E-state index contributed by atoms with van der Waals surface area (Å²) in [5.41, 5.74) is 8.27. The molecule has 8 heteroatoms. The predicted molar refractivity (Wildman–Crippen MR) is 77.3 cm³/mol. The molecule has 0 aliphatic heterocycles. The maximum atomic E-state index is 11.4. The van der Waals surface area contributed by atoms with E-state index >= 15 is 0 Å². The fraction of sp³-hybridized carbons (Fsp3) is 0.385. The third-order valence-corrected chi connectivity index (χ3v) is 2.40. The second-order valence-electron chi connectivity index (χ2n) is 4.09. The number of hydrazine groups is 2. The second kappa shape index (κ2) is 9.43. The van der Waals surface area contributed by atoms with E-state index in [2.05, 4.69) is 21.7 Å². The normalized spacial score (nSPS) is 9.76. The summed E-state index contributed by atoms with van der Waals surface area (Å²) in [5, 5.41) is 11.7. The molecule has 0 fully saturated rings. The largest absolute Gasteiger partial charge is 0.508 e. The Morgan fingerprint density at radius 3 is 2.62 bits per heavy atom. The third kappa shape index (κ3) is 7.63. The van der Waals surface area contributed by atoms with Crippen LogP contribution < -0.4 is 21.7 Å². The van der Waals surface area contributed by atoms with Crippen molar-refractivity contribution in [2.45, 2.75) is 19.8 Å². The lowest BCUT2D eigenvalue weighted by Crippen LogP contribution is -2.46. The van der Waals surface area contributed by atoms with E-state index in [1.807, 2.05) is 0 Å². The number of benzene rings is 1. The number of carbonyl (C=O) groups excluding carboxylic acids is 2. The van der Waals surface area contributed by atoms with Crippen LogP contribution in [0.3, 0.4) is 0 Å². The molecule has 0 aliphatic carbocycles. The number of urea groups is 1. The van der Waals surface area contributed by atoms with Gasteiger partial charge in [-0.3, -0.25) is 10.2 Å². The molecule has 116 valence electrons. The van der Waals surface area contributed by atoms with Crippen LogP contribution in [0.15, 0.2) is 24.3 Å². The van der Waals surface area contributed by atoms with E-state index in [9.17, 15) is 9.59 Å². The van der Waals surface area contributed by atoms with Crippen LogP contribution in [0.1, 0.15) is 19.8 Å². The molecule has 0 aromatic heterocycles. The lowest BCUT2D eigenvalue weighted by Gasteiger charge is -2.10. The minimum absolute atomic E-state index is 0.160. The number of phenols is 1. The summed E-state index contributed by atoms with van der Waals surface area (Å²) < 4.78 is 4.76. The zero-order valence-electron chi connectivity index (χ0n) is 11.8. The first-order chi connectivity index (χ1) is 10.1. The maximum Gasteiger partial charge on any atom is 0.330 e. The molecular weight excluding hydrogens is 276 g/mol. The number of anilines is 1. The average Bonchev–Trinajstić information content (AvgIpc) is 2.46. The number of esters is 1. The Morgan fingerprint density at radius 2 is 1.95 bits per heavy atom. The Balaban J connectivity index is 2.06. The average molecular weight is 296 g/mol. The van der Waals surface area contributed by atoms with Crippen molar-refractivity contribution in [3.63, 3.8) is 0 Å². The number of carbonyl (C=O) groups is 2. The van der Waals surface area contributed by atoms with Crippen molar-refractivity contribution in [1.29, 1.82) is 0 Å². The van der Waals surface area contributed by atoms with Gasteiger partial charge >= 0.3 is 12.0 Å². The summed E-state index contributed by atoms with van der Waals surface area (Å²) in [4.78, 5) is 22.4. The van der Waals surface area contributed by atoms with Crippen LogP contribution in [0.5, 0.6) is 5.75 Å². The van der Waals surface area contributed by atoms with Gasteiger partial charge in [-0.1, -0.05) is 0 Å². The summed E-state index contributed by atoms with van der Waals surface area (Å²) in [6.45, 7) is 2.47. The van der Waals surface area contributed by atoms with Crippen molar-refractivity contribution in [3.8, 4) is 5.75 Å². The van der Waals surface area contributed by atoms with E-state index in [4.69, 9.17) is 9.84 Å². The molecule has 0 atom stereocenters. The van der Waals surface area contributed by atoms with Gasteiger partial charge in [0.05, 0.1) is 12.3 Å². The minimum Gasteiger partial charge on any atom is -0.508 e.